The first-order valence-electron chi connectivity index (χ1n) is 8.91. The van der Waals surface area contributed by atoms with Gasteiger partial charge in [0.2, 0.25) is 0 Å². The fourth-order valence-corrected chi connectivity index (χ4v) is 0.766. The first kappa shape index (κ1) is 34.2. The van der Waals surface area contributed by atoms with Crippen molar-refractivity contribution < 1.29 is 19.3 Å². The first-order valence-corrected chi connectivity index (χ1v) is 8.91. The fourth-order valence-electron chi connectivity index (χ4n) is 0.766. The highest BCUT2D eigenvalue weighted by Crippen LogP contribution is 2.00. The Hall–Kier alpha value is -1.23. The quantitative estimate of drug-likeness (QED) is 0.266. The Morgan fingerprint density at radius 2 is 1.17 bits per heavy atom. The van der Waals surface area contributed by atoms with Gasteiger partial charge in [-0.15, -0.1) is 0 Å². The third-order valence-electron chi connectivity index (χ3n) is 1.32. The molecule has 0 fully saturated rings. The van der Waals surface area contributed by atoms with Gasteiger partial charge in [-0.1, -0.05) is 85.7 Å². The van der Waals surface area contributed by atoms with Crippen molar-refractivity contribution in [2.24, 2.45) is 0 Å². The summed E-state index contributed by atoms with van der Waals surface area (Å²) in [4.78, 5) is 18.9. The Morgan fingerprint density at radius 1 is 0.792 bits per heavy atom. The number of ketones is 1. The summed E-state index contributed by atoms with van der Waals surface area (Å²) in [6, 6.07) is 9.80. The predicted molar refractivity (Wildman–Crippen MR) is 106 cm³/mol. The second-order valence-electron chi connectivity index (χ2n) is 3.18. The van der Waals surface area contributed by atoms with Crippen molar-refractivity contribution in [1.82, 2.24) is 0 Å². The number of ether oxygens (including phenoxy) is 1. The van der Waals surface area contributed by atoms with Crippen LogP contribution in [0.1, 0.15) is 74.8 Å². The van der Waals surface area contributed by atoms with Gasteiger partial charge in [-0.05, 0) is 19.4 Å². The van der Waals surface area contributed by atoms with E-state index in [4.69, 9.17) is 4.89 Å². The van der Waals surface area contributed by atoms with Gasteiger partial charge in [0.1, 0.15) is 12.4 Å². The molecule has 0 aliphatic heterocycles. The average Bonchev–Trinajstić information content (AvgIpc) is 2.66. The summed E-state index contributed by atoms with van der Waals surface area (Å²) < 4.78 is 4.63. The highest BCUT2D eigenvalue weighted by atomic mass is 17.2. The van der Waals surface area contributed by atoms with Crippen molar-refractivity contribution in [3.63, 3.8) is 0 Å². The summed E-state index contributed by atoms with van der Waals surface area (Å²) in [5, 5.41) is 0. The van der Waals surface area contributed by atoms with E-state index in [1.807, 2.05) is 85.7 Å². The lowest BCUT2D eigenvalue weighted by molar-refractivity contribution is -0.340. The van der Waals surface area contributed by atoms with Gasteiger partial charge >= 0.3 is 0 Å². The summed E-state index contributed by atoms with van der Waals surface area (Å²) in [7, 11) is 1.55. The van der Waals surface area contributed by atoms with Gasteiger partial charge < -0.3 is 9.53 Å². The lowest BCUT2D eigenvalue weighted by Gasteiger charge is -2.01. The van der Waals surface area contributed by atoms with Crippen LogP contribution in [0.2, 0.25) is 0 Å². The maximum Gasteiger partial charge on any atom is 0.180 e. The van der Waals surface area contributed by atoms with Crippen molar-refractivity contribution in [1.29, 1.82) is 0 Å². The molecule has 0 aromatic heterocycles. The van der Waals surface area contributed by atoms with Crippen LogP contribution in [0.25, 0.3) is 0 Å². The first-order chi connectivity index (χ1) is 11.7. The zero-order valence-corrected chi connectivity index (χ0v) is 17.9. The van der Waals surface area contributed by atoms with Crippen molar-refractivity contribution >= 4 is 5.78 Å². The van der Waals surface area contributed by atoms with Gasteiger partial charge in [-0.25, -0.2) is 9.78 Å². The highest BCUT2D eigenvalue weighted by molar-refractivity contribution is 5.72. The normalized spacial score (nSPS) is 7.12. The molecule has 0 amide bonds. The molecule has 0 bridgehead atoms. The summed E-state index contributed by atoms with van der Waals surface area (Å²) >= 11 is 0. The van der Waals surface area contributed by atoms with Crippen LogP contribution in [0, 0.1) is 0 Å². The van der Waals surface area contributed by atoms with Gasteiger partial charge in [0.15, 0.2) is 6.79 Å². The number of hydrogen-bond acceptors (Lipinski definition) is 4. The van der Waals surface area contributed by atoms with Gasteiger partial charge in [-0.2, -0.15) is 0 Å². The third kappa shape index (κ3) is 49.8. The van der Waals surface area contributed by atoms with E-state index in [1.165, 1.54) is 13.8 Å². The summed E-state index contributed by atoms with van der Waals surface area (Å²) in [5.74, 6) is 0.167. The van der Waals surface area contributed by atoms with E-state index in [9.17, 15) is 4.79 Å². The highest BCUT2D eigenvalue weighted by Gasteiger charge is 1.90. The number of Topliss-reactive ketones (excluding diaryl/α,β-unsaturated/α-hetero) is 1. The Labute approximate surface area is 151 Å². The SMILES string of the molecule is CC.CC.CC.CC.CC(C)=O.COCOOCc1ccccc1. The van der Waals surface area contributed by atoms with Crippen LogP contribution in [0.15, 0.2) is 30.3 Å². The van der Waals surface area contributed by atoms with Crippen LogP contribution in [-0.2, 0) is 25.9 Å². The molecule has 0 unspecified atom stereocenters. The molecule has 146 valence electrons. The van der Waals surface area contributed by atoms with Crippen LogP contribution in [-0.4, -0.2) is 19.7 Å². The molecule has 1 rings (SSSR count). The Balaban J connectivity index is -0.0000000843. The Kier molecular flexibility index (Phi) is 61.3. The molecule has 0 N–H and O–H groups in total. The maximum atomic E-state index is 9.44. The van der Waals surface area contributed by atoms with E-state index in [1.54, 1.807) is 7.11 Å². The van der Waals surface area contributed by atoms with Crippen LogP contribution < -0.4 is 0 Å². The average molecular weight is 347 g/mol. The van der Waals surface area contributed by atoms with Crippen molar-refractivity contribution in [3.8, 4) is 0 Å². The molecule has 0 radical (unpaired) electrons. The van der Waals surface area contributed by atoms with E-state index in [-0.39, 0.29) is 12.6 Å². The van der Waals surface area contributed by atoms with Gasteiger partial charge in [0.05, 0.1) is 0 Å². The topological polar surface area (TPSA) is 44.8 Å². The van der Waals surface area contributed by atoms with Crippen LogP contribution in [0.4, 0.5) is 0 Å². The number of methoxy groups -OCH3 is 1. The number of hydrogen-bond donors (Lipinski definition) is 0. The number of rotatable bonds is 5. The molecule has 0 saturated carbocycles. The van der Waals surface area contributed by atoms with Gasteiger partial charge in [0, 0.05) is 7.11 Å². The minimum atomic E-state index is 0.160. The van der Waals surface area contributed by atoms with Crippen LogP contribution >= 0.6 is 0 Å². The molecule has 4 nitrogen and oxygen atoms in total. The lowest BCUT2D eigenvalue weighted by Crippen LogP contribution is -1.98. The molecule has 0 heterocycles. The van der Waals surface area contributed by atoms with Gasteiger partial charge in [0.25, 0.3) is 0 Å². The van der Waals surface area contributed by atoms with E-state index in [0.29, 0.717) is 6.61 Å². The third-order valence-corrected chi connectivity index (χ3v) is 1.32. The summed E-state index contributed by atoms with van der Waals surface area (Å²) in [5.41, 5.74) is 1.08. The Bertz CT molecular complexity index is 270. The summed E-state index contributed by atoms with van der Waals surface area (Å²) in [6.07, 6.45) is 0. The van der Waals surface area contributed by atoms with E-state index >= 15 is 0 Å². The molecule has 0 aliphatic rings. The summed E-state index contributed by atoms with van der Waals surface area (Å²) in [6.45, 7) is 19.7. The number of carbonyl (C=O) groups excluding carboxylic acids is 1. The number of carbonyl (C=O) groups is 1. The van der Waals surface area contributed by atoms with Crippen molar-refractivity contribution in [2.75, 3.05) is 13.9 Å². The molecule has 1 aromatic carbocycles. The molecular formula is C20H42O4. The van der Waals surface area contributed by atoms with E-state index in [0.717, 1.165) is 5.56 Å². The second-order valence-corrected chi connectivity index (χ2v) is 3.18. The van der Waals surface area contributed by atoms with Crippen molar-refractivity contribution in [3.05, 3.63) is 35.9 Å². The monoisotopic (exact) mass is 346 g/mol. The molecule has 4 heteroatoms. The molecule has 0 spiro atoms. The predicted octanol–water partition coefficient (Wildman–Crippen LogP) is 6.44. The van der Waals surface area contributed by atoms with Crippen molar-refractivity contribution in [2.45, 2.75) is 75.8 Å². The van der Waals surface area contributed by atoms with Crippen LogP contribution in [0.3, 0.4) is 0 Å². The maximum absolute atomic E-state index is 9.44. The molecule has 0 saturated heterocycles. The lowest BCUT2D eigenvalue weighted by atomic mass is 10.2. The second kappa shape index (κ2) is 43.0. The number of benzene rings is 1. The fraction of sp³-hybridized carbons (Fsp3) is 0.650. The smallest absolute Gasteiger partial charge is 0.180 e. The standard InChI is InChI=1S/C9H12O3.C3H6O.4C2H6/c1-10-8-12-11-7-9-5-3-2-4-6-9;1-3(2)4;4*1-2/h2-6H,7-8H2,1H3;1-2H3;4*1-2H3. The Morgan fingerprint density at radius 3 is 1.50 bits per heavy atom. The van der Waals surface area contributed by atoms with Gasteiger partial charge in [-0.3, -0.25) is 0 Å². The minimum absolute atomic E-state index is 0.160. The largest absolute Gasteiger partial charge is 0.355 e. The zero-order valence-electron chi connectivity index (χ0n) is 17.9. The van der Waals surface area contributed by atoms with E-state index < -0.39 is 0 Å². The molecule has 1 aromatic rings. The molecule has 0 atom stereocenters. The molecule has 24 heavy (non-hydrogen) atoms. The molecule has 0 aliphatic carbocycles. The minimum Gasteiger partial charge on any atom is -0.355 e. The molecular weight excluding hydrogens is 304 g/mol. The zero-order chi connectivity index (χ0) is 20.2. The van der Waals surface area contributed by atoms with E-state index in [2.05, 4.69) is 9.62 Å². The van der Waals surface area contributed by atoms with Crippen LogP contribution in [0.5, 0.6) is 0 Å².